The lowest BCUT2D eigenvalue weighted by atomic mass is 10.2. The Morgan fingerprint density at radius 2 is 1.92 bits per heavy atom. The van der Waals surface area contributed by atoms with Crippen LogP contribution in [0.4, 0.5) is 11.4 Å². The van der Waals surface area contributed by atoms with Crippen molar-refractivity contribution in [3.05, 3.63) is 59.1 Å². The van der Waals surface area contributed by atoms with Gasteiger partial charge in [-0.1, -0.05) is 41.9 Å². The SMILES string of the molecule is Nc1cc(NC(=O)CCN(CCO)Cc2ccccc2)ccc1Cl. The molecule has 0 spiro atoms. The molecule has 1 amide bonds. The van der Waals surface area contributed by atoms with E-state index < -0.39 is 0 Å². The molecule has 2 rings (SSSR count). The van der Waals surface area contributed by atoms with Crippen molar-refractivity contribution >= 4 is 28.9 Å². The Morgan fingerprint density at radius 3 is 2.58 bits per heavy atom. The predicted octanol–water partition coefficient (Wildman–Crippen LogP) is 2.75. The maximum atomic E-state index is 12.1. The van der Waals surface area contributed by atoms with E-state index in [1.807, 2.05) is 35.2 Å². The number of halogens is 1. The van der Waals surface area contributed by atoms with Crippen LogP contribution >= 0.6 is 11.6 Å². The summed E-state index contributed by atoms with van der Waals surface area (Å²) < 4.78 is 0. The molecule has 2 aromatic rings. The van der Waals surface area contributed by atoms with Crippen LogP contribution < -0.4 is 11.1 Å². The number of aliphatic hydroxyl groups is 1. The van der Waals surface area contributed by atoms with E-state index in [2.05, 4.69) is 5.32 Å². The normalized spacial score (nSPS) is 10.8. The highest BCUT2D eigenvalue weighted by Crippen LogP contribution is 2.22. The zero-order valence-corrected chi connectivity index (χ0v) is 14.2. The monoisotopic (exact) mass is 347 g/mol. The highest BCUT2D eigenvalue weighted by Gasteiger charge is 2.09. The van der Waals surface area contributed by atoms with E-state index in [9.17, 15) is 9.90 Å². The average molecular weight is 348 g/mol. The van der Waals surface area contributed by atoms with Crippen molar-refractivity contribution in [2.75, 3.05) is 30.7 Å². The first kappa shape index (κ1) is 18.3. The lowest BCUT2D eigenvalue weighted by Gasteiger charge is -2.21. The fourth-order valence-corrected chi connectivity index (χ4v) is 2.48. The number of aliphatic hydroxyl groups excluding tert-OH is 1. The van der Waals surface area contributed by atoms with Crippen LogP contribution in [-0.4, -0.2) is 35.6 Å². The van der Waals surface area contributed by atoms with Crippen LogP contribution in [0, 0.1) is 0 Å². The second kappa shape index (κ2) is 9.27. The number of carbonyl (C=O) groups is 1. The van der Waals surface area contributed by atoms with Crippen LogP contribution in [0.2, 0.25) is 5.02 Å². The molecule has 0 bridgehead atoms. The van der Waals surface area contributed by atoms with Crippen LogP contribution in [0.5, 0.6) is 0 Å². The van der Waals surface area contributed by atoms with Gasteiger partial charge in [0.05, 0.1) is 17.3 Å². The zero-order valence-electron chi connectivity index (χ0n) is 13.4. The molecule has 0 saturated carbocycles. The molecule has 0 aliphatic carbocycles. The predicted molar refractivity (Wildman–Crippen MR) is 97.9 cm³/mol. The van der Waals surface area contributed by atoms with Gasteiger partial charge in [0.15, 0.2) is 0 Å². The van der Waals surface area contributed by atoms with Gasteiger partial charge in [0.2, 0.25) is 5.91 Å². The number of nitrogen functional groups attached to an aromatic ring is 1. The molecule has 0 unspecified atom stereocenters. The lowest BCUT2D eigenvalue weighted by molar-refractivity contribution is -0.116. The van der Waals surface area contributed by atoms with Crippen molar-refractivity contribution in [2.24, 2.45) is 0 Å². The van der Waals surface area contributed by atoms with Crippen molar-refractivity contribution in [3.8, 4) is 0 Å². The van der Waals surface area contributed by atoms with Gasteiger partial charge in [0, 0.05) is 31.7 Å². The number of anilines is 2. The smallest absolute Gasteiger partial charge is 0.225 e. The quantitative estimate of drug-likeness (QED) is 0.641. The minimum Gasteiger partial charge on any atom is -0.397 e. The van der Waals surface area contributed by atoms with Crippen molar-refractivity contribution in [2.45, 2.75) is 13.0 Å². The number of carbonyl (C=O) groups excluding carboxylic acids is 1. The molecular weight excluding hydrogens is 326 g/mol. The van der Waals surface area contributed by atoms with Crippen LogP contribution in [0.15, 0.2) is 48.5 Å². The molecule has 2 aromatic carbocycles. The summed E-state index contributed by atoms with van der Waals surface area (Å²) >= 11 is 5.86. The Balaban J connectivity index is 1.86. The van der Waals surface area contributed by atoms with Gasteiger partial charge in [-0.05, 0) is 23.8 Å². The summed E-state index contributed by atoms with van der Waals surface area (Å²) in [5.74, 6) is -0.104. The van der Waals surface area contributed by atoms with Crippen molar-refractivity contribution in [1.82, 2.24) is 4.90 Å². The molecule has 0 radical (unpaired) electrons. The molecule has 0 fully saturated rings. The van der Waals surface area contributed by atoms with Gasteiger partial charge in [0.25, 0.3) is 0 Å². The molecule has 128 valence electrons. The number of rotatable bonds is 8. The van der Waals surface area contributed by atoms with E-state index in [0.29, 0.717) is 42.5 Å². The molecule has 5 nitrogen and oxygen atoms in total. The van der Waals surface area contributed by atoms with E-state index >= 15 is 0 Å². The third-order valence-electron chi connectivity index (χ3n) is 3.60. The summed E-state index contributed by atoms with van der Waals surface area (Å²) in [6, 6.07) is 15.0. The summed E-state index contributed by atoms with van der Waals surface area (Å²) in [4.78, 5) is 14.1. The van der Waals surface area contributed by atoms with E-state index in [1.165, 1.54) is 0 Å². The summed E-state index contributed by atoms with van der Waals surface area (Å²) in [5, 5.41) is 12.5. The third-order valence-corrected chi connectivity index (χ3v) is 3.94. The minimum atomic E-state index is -0.104. The molecule has 0 atom stereocenters. The molecule has 6 heteroatoms. The fourth-order valence-electron chi connectivity index (χ4n) is 2.36. The fraction of sp³-hybridized carbons (Fsp3) is 0.278. The van der Waals surface area contributed by atoms with Gasteiger partial charge >= 0.3 is 0 Å². The molecule has 0 aliphatic heterocycles. The summed E-state index contributed by atoms with van der Waals surface area (Å²) in [7, 11) is 0. The van der Waals surface area contributed by atoms with E-state index in [1.54, 1.807) is 18.2 Å². The van der Waals surface area contributed by atoms with Crippen molar-refractivity contribution in [1.29, 1.82) is 0 Å². The molecular formula is C18H22ClN3O2. The maximum absolute atomic E-state index is 12.1. The summed E-state index contributed by atoms with van der Waals surface area (Å²) in [6.45, 7) is 1.84. The third kappa shape index (κ3) is 5.85. The summed E-state index contributed by atoms with van der Waals surface area (Å²) in [5.41, 5.74) is 7.93. The molecule has 0 aliphatic rings. The second-order valence-electron chi connectivity index (χ2n) is 5.52. The second-order valence-corrected chi connectivity index (χ2v) is 5.93. The number of nitrogens with one attached hydrogen (secondary N) is 1. The number of hydrogen-bond acceptors (Lipinski definition) is 4. The van der Waals surface area contributed by atoms with Crippen LogP contribution in [0.1, 0.15) is 12.0 Å². The van der Waals surface area contributed by atoms with E-state index in [4.69, 9.17) is 17.3 Å². The van der Waals surface area contributed by atoms with Gasteiger partial charge < -0.3 is 16.2 Å². The highest BCUT2D eigenvalue weighted by molar-refractivity contribution is 6.33. The lowest BCUT2D eigenvalue weighted by Crippen LogP contribution is -2.30. The van der Waals surface area contributed by atoms with E-state index in [0.717, 1.165) is 5.56 Å². The number of amides is 1. The van der Waals surface area contributed by atoms with Crippen molar-refractivity contribution in [3.63, 3.8) is 0 Å². The average Bonchev–Trinajstić information content (AvgIpc) is 2.57. The Hall–Kier alpha value is -2.08. The number of nitrogens with zero attached hydrogens (tertiary/aromatic N) is 1. The van der Waals surface area contributed by atoms with Gasteiger partial charge in [-0.15, -0.1) is 0 Å². The van der Waals surface area contributed by atoms with Crippen LogP contribution in [-0.2, 0) is 11.3 Å². The first-order valence-corrected chi connectivity index (χ1v) is 8.18. The molecule has 0 saturated heterocycles. The standard InChI is InChI=1S/C18H22ClN3O2/c19-16-7-6-15(12-17(16)20)21-18(24)8-9-22(10-11-23)13-14-4-2-1-3-5-14/h1-7,12,23H,8-11,13,20H2,(H,21,24). The minimum absolute atomic E-state index is 0.0577. The highest BCUT2D eigenvalue weighted by atomic mass is 35.5. The van der Waals surface area contributed by atoms with Crippen LogP contribution in [0.3, 0.4) is 0 Å². The first-order chi connectivity index (χ1) is 11.6. The van der Waals surface area contributed by atoms with Gasteiger partial charge in [-0.3, -0.25) is 9.69 Å². The summed E-state index contributed by atoms with van der Waals surface area (Å²) in [6.07, 6.45) is 0.329. The Labute approximate surface area is 147 Å². The number of hydrogen-bond donors (Lipinski definition) is 3. The largest absolute Gasteiger partial charge is 0.397 e. The first-order valence-electron chi connectivity index (χ1n) is 7.80. The Kier molecular flexibility index (Phi) is 7.06. The van der Waals surface area contributed by atoms with E-state index in [-0.39, 0.29) is 12.5 Å². The van der Waals surface area contributed by atoms with Gasteiger partial charge in [-0.2, -0.15) is 0 Å². The van der Waals surface area contributed by atoms with Gasteiger partial charge in [-0.25, -0.2) is 0 Å². The number of nitrogens with two attached hydrogens (primary N) is 1. The van der Waals surface area contributed by atoms with Gasteiger partial charge in [0.1, 0.15) is 0 Å². The molecule has 0 heterocycles. The maximum Gasteiger partial charge on any atom is 0.225 e. The molecule has 4 N–H and O–H groups in total. The number of benzene rings is 2. The van der Waals surface area contributed by atoms with Crippen molar-refractivity contribution < 1.29 is 9.90 Å². The van der Waals surface area contributed by atoms with Crippen LogP contribution in [0.25, 0.3) is 0 Å². The topological polar surface area (TPSA) is 78.6 Å². The Bertz CT molecular complexity index is 665. The molecule has 24 heavy (non-hydrogen) atoms. The zero-order chi connectivity index (χ0) is 17.4. The molecule has 0 aromatic heterocycles. The Morgan fingerprint density at radius 1 is 1.17 bits per heavy atom.